The number of carbonyl (C=O) groups is 1. The van der Waals surface area contributed by atoms with Gasteiger partial charge in [-0.05, 0) is 31.7 Å². The number of pyridine rings is 1. The lowest BCUT2D eigenvalue weighted by molar-refractivity contribution is 0.0706. The van der Waals surface area contributed by atoms with Crippen LogP contribution in [0.4, 0.5) is 0 Å². The van der Waals surface area contributed by atoms with E-state index < -0.39 is 0 Å². The fourth-order valence-electron chi connectivity index (χ4n) is 2.06. The Morgan fingerprint density at radius 2 is 2.22 bits per heavy atom. The van der Waals surface area contributed by atoms with Crippen molar-refractivity contribution in [3.05, 3.63) is 28.0 Å². The summed E-state index contributed by atoms with van der Waals surface area (Å²) in [7, 11) is 0. The maximum absolute atomic E-state index is 12.3. The van der Waals surface area contributed by atoms with Crippen molar-refractivity contribution in [1.29, 1.82) is 0 Å². The Kier molecular flexibility index (Phi) is 4.46. The molecular formula is C13H16Cl2N2O. The molecule has 98 valence electrons. The van der Waals surface area contributed by atoms with Gasteiger partial charge in [-0.25, -0.2) is 4.98 Å². The smallest absolute Gasteiger partial charge is 0.255 e. The van der Waals surface area contributed by atoms with Gasteiger partial charge in [-0.2, -0.15) is 0 Å². The fourth-order valence-corrected chi connectivity index (χ4v) is 2.33. The zero-order valence-electron chi connectivity index (χ0n) is 10.3. The van der Waals surface area contributed by atoms with E-state index in [9.17, 15) is 4.79 Å². The van der Waals surface area contributed by atoms with Crippen molar-refractivity contribution < 1.29 is 4.79 Å². The molecule has 18 heavy (non-hydrogen) atoms. The van der Waals surface area contributed by atoms with E-state index in [1.165, 1.54) is 25.5 Å². The van der Waals surface area contributed by atoms with Gasteiger partial charge < -0.3 is 4.90 Å². The van der Waals surface area contributed by atoms with E-state index in [0.29, 0.717) is 23.0 Å². The first-order valence-corrected chi connectivity index (χ1v) is 6.97. The number of carbonyl (C=O) groups excluding carboxylic acids is 1. The molecule has 0 atom stereocenters. The predicted octanol–water partition coefficient (Wildman–Crippen LogP) is 3.65. The van der Waals surface area contributed by atoms with E-state index in [1.54, 1.807) is 6.07 Å². The van der Waals surface area contributed by atoms with Gasteiger partial charge in [0.2, 0.25) is 0 Å². The molecule has 0 bridgehead atoms. The molecule has 0 saturated heterocycles. The molecule has 1 aliphatic carbocycles. The summed E-state index contributed by atoms with van der Waals surface area (Å²) in [5.41, 5.74) is 0.505. The van der Waals surface area contributed by atoms with Gasteiger partial charge in [-0.15, -0.1) is 0 Å². The van der Waals surface area contributed by atoms with Crippen LogP contribution in [0.3, 0.4) is 0 Å². The van der Waals surface area contributed by atoms with Crippen molar-refractivity contribution in [1.82, 2.24) is 9.88 Å². The highest BCUT2D eigenvalue weighted by atomic mass is 35.5. The molecule has 1 aliphatic rings. The maximum atomic E-state index is 12.3. The highest BCUT2D eigenvalue weighted by Gasteiger charge is 2.23. The second-order valence-corrected chi connectivity index (χ2v) is 5.40. The summed E-state index contributed by atoms with van der Waals surface area (Å²) in [4.78, 5) is 18.1. The van der Waals surface area contributed by atoms with Crippen molar-refractivity contribution in [2.24, 2.45) is 5.92 Å². The molecule has 0 spiro atoms. The summed E-state index contributed by atoms with van der Waals surface area (Å²) in [6.45, 7) is 3.52. The van der Waals surface area contributed by atoms with Crippen LogP contribution in [0.1, 0.15) is 36.5 Å². The standard InChI is InChI=1S/C13H16Cl2N2O/c1-2-17(8-9-4-3-5-9)13(18)10-6-11(14)12(15)16-7-10/h6-7,9H,2-5,8H2,1H3. The summed E-state index contributed by atoms with van der Waals surface area (Å²) in [6, 6.07) is 1.59. The molecule has 1 aromatic heterocycles. The van der Waals surface area contributed by atoms with Gasteiger partial charge in [-0.3, -0.25) is 4.79 Å². The van der Waals surface area contributed by atoms with Gasteiger partial charge in [0.15, 0.2) is 0 Å². The zero-order chi connectivity index (χ0) is 13.1. The molecular weight excluding hydrogens is 271 g/mol. The number of nitrogens with zero attached hydrogens (tertiary/aromatic N) is 2. The van der Waals surface area contributed by atoms with Crippen LogP contribution in [0, 0.1) is 5.92 Å². The predicted molar refractivity (Wildman–Crippen MR) is 73.2 cm³/mol. The van der Waals surface area contributed by atoms with E-state index >= 15 is 0 Å². The first kappa shape index (κ1) is 13.6. The van der Waals surface area contributed by atoms with Crippen molar-refractivity contribution in [3.63, 3.8) is 0 Å². The maximum Gasteiger partial charge on any atom is 0.255 e. The molecule has 1 heterocycles. The number of hydrogen-bond acceptors (Lipinski definition) is 2. The van der Waals surface area contributed by atoms with Crippen molar-refractivity contribution >= 4 is 29.1 Å². The lowest BCUT2D eigenvalue weighted by Gasteiger charge is -2.31. The van der Waals surface area contributed by atoms with E-state index in [0.717, 1.165) is 6.54 Å². The Balaban J connectivity index is 2.09. The quantitative estimate of drug-likeness (QED) is 0.792. The average molecular weight is 287 g/mol. The summed E-state index contributed by atoms with van der Waals surface area (Å²) >= 11 is 11.6. The average Bonchev–Trinajstić information content (AvgIpc) is 2.31. The minimum atomic E-state index is -0.0181. The Bertz CT molecular complexity index is 447. The first-order chi connectivity index (χ1) is 8.61. The van der Waals surface area contributed by atoms with E-state index in [-0.39, 0.29) is 11.1 Å². The second-order valence-electron chi connectivity index (χ2n) is 4.64. The Morgan fingerprint density at radius 3 is 2.72 bits per heavy atom. The first-order valence-electron chi connectivity index (χ1n) is 6.22. The molecule has 3 nitrogen and oxygen atoms in total. The molecule has 1 fully saturated rings. The van der Waals surface area contributed by atoms with Gasteiger partial charge in [0.25, 0.3) is 5.91 Å². The van der Waals surface area contributed by atoms with Gasteiger partial charge in [0.1, 0.15) is 5.15 Å². The fraction of sp³-hybridized carbons (Fsp3) is 0.538. The highest BCUT2D eigenvalue weighted by molar-refractivity contribution is 6.41. The summed E-state index contributed by atoms with van der Waals surface area (Å²) < 4.78 is 0. The van der Waals surface area contributed by atoms with Gasteiger partial charge in [0, 0.05) is 19.3 Å². The van der Waals surface area contributed by atoms with Crippen molar-refractivity contribution in [3.8, 4) is 0 Å². The van der Waals surface area contributed by atoms with Crippen molar-refractivity contribution in [2.75, 3.05) is 13.1 Å². The molecule has 0 N–H and O–H groups in total. The second kappa shape index (κ2) is 5.89. The minimum absolute atomic E-state index is 0.0181. The van der Waals surface area contributed by atoms with E-state index in [2.05, 4.69) is 4.98 Å². The molecule has 0 unspecified atom stereocenters. The van der Waals surface area contributed by atoms with Crippen LogP contribution in [-0.4, -0.2) is 28.9 Å². The molecule has 2 rings (SSSR count). The van der Waals surface area contributed by atoms with Gasteiger partial charge in [-0.1, -0.05) is 29.6 Å². The Morgan fingerprint density at radius 1 is 1.50 bits per heavy atom. The lowest BCUT2D eigenvalue weighted by atomic mass is 9.85. The summed E-state index contributed by atoms with van der Waals surface area (Å²) in [5, 5.41) is 0.553. The topological polar surface area (TPSA) is 33.2 Å². The van der Waals surface area contributed by atoms with Crippen LogP contribution in [0.2, 0.25) is 10.2 Å². The molecule has 0 radical (unpaired) electrons. The number of hydrogen-bond donors (Lipinski definition) is 0. The normalized spacial score (nSPS) is 15.3. The number of halogens is 2. The lowest BCUT2D eigenvalue weighted by Crippen LogP contribution is -2.37. The third-order valence-electron chi connectivity index (χ3n) is 3.42. The van der Waals surface area contributed by atoms with Gasteiger partial charge in [0.05, 0.1) is 10.6 Å². The summed E-state index contributed by atoms with van der Waals surface area (Å²) in [6.07, 6.45) is 5.22. The Labute approximate surface area is 117 Å². The number of aromatic nitrogens is 1. The highest BCUT2D eigenvalue weighted by Crippen LogP contribution is 2.28. The molecule has 0 aromatic carbocycles. The Hall–Kier alpha value is -0.800. The number of rotatable bonds is 4. The van der Waals surface area contributed by atoms with Crippen LogP contribution in [0.25, 0.3) is 0 Å². The van der Waals surface area contributed by atoms with Crippen LogP contribution in [-0.2, 0) is 0 Å². The van der Waals surface area contributed by atoms with Crippen LogP contribution in [0.15, 0.2) is 12.3 Å². The van der Waals surface area contributed by atoms with Crippen molar-refractivity contribution in [2.45, 2.75) is 26.2 Å². The molecule has 5 heteroatoms. The molecule has 0 aliphatic heterocycles. The molecule has 1 amide bonds. The summed E-state index contributed by atoms with van der Waals surface area (Å²) in [5.74, 6) is 0.639. The largest absolute Gasteiger partial charge is 0.339 e. The van der Waals surface area contributed by atoms with E-state index in [4.69, 9.17) is 23.2 Å². The SMILES string of the molecule is CCN(CC1CCC1)C(=O)c1cnc(Cl)c(Cl)c1. The van der Waals surface area contributed by atoms with Crippen LogP contribution >= 0.6 is 23.2 Å². The molecule has 1 aromatic rings. The third kappa shape index (κ3) is 2.96. The van der Waals surface area contributed by atoms with Crippen LogP contribution in [0.5, 0.6) is 0 Å². The number of amides is 1. The monoisotopic (exact) mass is 286 g/mol. The molecule has 1 saturated carbocycles. The van der Waals surface area contributed by atoms with Crippen LogP contribution < -0.4 is 0 Å². The van der Waals surface area contributed by atoms with Gasteiger partial charge >= 0.3 is 0 Å². The third-order valence-corrected chi connectivity index (χ3v) is 4.10. The minimum Gasteiger partial charge on any atom is -0.339 e. The van der Waals surface area contributed by atoms with E-state index in [1.807, 2.05) is 11.8 Å². The zero-order valence-corrected chi connectivity index (χ0v) is 11.8.